The van der Waals surface area contributed by atoms with Crippen molar-refractivity contribution in [1.82, 2.24) is 10.6 Å². The van der Waals surface area contributed by atoms with E-state index < -0.39 is 51.7 Å². The molecule has 0 fully saturated rings. The van der Waals surface area contributed by atoms with E-state index in [4.69, 9.17) is 35.9 Å². The van der Waals surface area contributed by atoms with Gasteiger partial charge in [-0.05, 0) is 96.9 Å². The number of amides is 2. The molecule has 0 unspecified atom stereocenters. The number of aliphatic hydroxyl groups excluding tert-OH is 1. The second-order valence-electron chi connectivity index (χ2n) is 14.2. The van der Waals surface area contributed by atoms with Crippen LogP contribution < -0.4 is 22.1 Å². The highest BCUT2D eigenvalue weighted by Gasteiger charge is 2.24. The maximum atomic E-state index is 11.4. The average molecular weight is 728 g/mol. The molecule has 0 aliphatic heterocycles. The third-order valence-corrected chi connectivity index (χ3v) is 3.91. The number of nitrogens with one attached hydrogen (secondary N) is 2. The zero-order chi connectivity index (χ0) is 36.9. The molecule has 8 N–H and O–H groups in total. The van der Waals surface area contributed by atoms with Crippen LogP contribution in [0.5, 0.6) is 0 Å². The summed E-state index contributed by atoms with van der Waals surface area (Å²) in [6.07, 6.45) is -1.00. The minimum atomic E-state index is -0.908. The Morgan fingerprint density at radius 3 is 1.21 bits per heavy atom. The van der Waals surface area contributed by atoms with E-state index in [1.54, 1.807) is 96.9 Å². The zero-order valence-corrected chi connectivity index (χ0v) is 32.4. The number of carboxylic acid groups (broad SMARTS) is 1. The SMILES string of the molecule is CC(C)(C)C(=O)O.CC(C)(C)OC(=O)NCCO.CC(C)(C)OC(=O)NCCOC(=O)C(C)(C)C.CC(C)(N)C(=O)OCCN.Cl.Cl. The summed E-state index contributed by atoms with van der Waals surface area (Å²) in [7, 11) is 0. The number of halogens is 2. The molecule has 0 aromatic rings. The lowest BCUT2D eigenvalue weighted by Crippen LogP contribution is -2.43. The number of alkyl carbamates (subject to hydrolysis) is 2. The van der Waals surface area contributed by atoms with Gasteiger partial charge < -0.3 is 51.3 Å². The molecule has 0 aromatic carbocycles. The van der Waals surface area contributed by atoms with Gasteiger partial charge in [-0.2, -0.15) is 0 Å². The maximum absolute atomic E-state index is 11.4. The van der Waals surface area contributed by atoms with Crippen LogP contribution in [0.25, 0.3) is 0 Å². The largest absolute Gasteiger partial charge is 0.481 e. The van der Waals surface area contributed by atoms with Crippen molar-refractivity contribution in [3.05, 3.63) is 0 Å². The van der Waals surface area contributed by atoms with Gasteiger partial charge in [0, 0.05) is 13.1 Å². The van der Waals surface area contributed by atoms with Crippen LogP contribution in [0.2, 0.25) is 0 Å². The first-order valence-electron chi connectivity index (χ1n) is 14.5. The lowest BCUT2D eigenvalue weighted by atomic mass is 9.97. The van der Waals surface area contributed by atoms with Crippen LogP contribution in [0.1, 0.15) is 96.9 Å². The highest BCUT2D eigenvalue weighted by molar-refractivity contribution is 5.85. The number of aliphatic hydroxyl groups is 1. The number of hydrogen-bond donors (Lipinski definition) is 6. The molecule has 0 rings (SSSR count). The van der Waals surface area contributed by atoms with Gasteiger partial charge in [0.05, 0.1) is 24.0 Å². The molecule has 0 atom stereocenters. The van der Waals surface area contributed by atoms with Crippen LogP contribution in [0.15, 0.2) is 0 Å². The summed E-state index contributed by atoms with van der Waals surface area (Å²) in [4.78, 5) is 54.2. The van der Waals surface area contributed by atoms with E-state index in [0.717, 1.165) is 0 Å². The number of ether oxygens (including phenoxy) is 4. The molecule has 2 amide bonds. The van der Waals surface area contributed by atoms with Crippen LogP contribution in [0.3, 0.4) is 0 Å². The van der Waals surface area contributed by atoms with Crippen LogP contribution in [-0.2, 0) is 33.3 Å². The van der Waals surface area contributed by atoms with E-state index >= 15 is 0 Å². The Morgan fingerprint density at radius 1 is 0.617 bits per heavy atom. The Bertz CT molecular complexity index is 887. The summed E-state index contributed by atoms with van der Waals surface area (Å²) in [5.41, 5.74) is 7.50. The highest BCUT2D eigenvalue weighted by Crippen LogP contribution is 2.14. The fraction of sp³-hybridized carbons (Fsp3) is 0.833. The van der Waals surface area contributed by atoms with Crippen molar-refractivity contribution < 1.29 is 53.1 Å². The minimum absolute atomic E-state index is 0. The maximum Gasteiger partial charge on any atom is 0.407 e. The van der Waals surface area contributed by atoms with E-state index in [1.807, 2.05) is 0 Å². The van der Waals surface area contributed by atoms with Crippen molar-refractivity contribution >= 4 is 54.9 Å². The fourth-order valence-electron chi connectivity index (χ4n) is 1.64. The summed E-state index contributed by atoms with van der Waals surface area (Å²) >= 11 is 0. The van der Waals surface area contributed by atoms with Crippen LogP contribution in [-0.4, -0.2) is 96.5 Å². The van der Waals surface area contributed by atoms with Gasteiger partial charge in [0.25, 0.3) is 0 Å². The standard InChI is InChI=1S/C12H23NO4.C7H15NO3.C6H14N2O2.C5H10O2.2ClH/c1-11(2,3)9(14)16-8-7-13-10(15)17-12(4,5)6;1-7(2,3)11-6(10)8-4-5-9;1-6(2,8)5(9)10-4-3-7;1-5(2,3)4(6)7;;/h7-8H2,1-6H3,(H,13,15);9H,4-5H2,1-3H3,(H,8,10);3-4,7-8H2,1-2H3;1-3H3,(H,6,7);2*1H. The lowest BCUT2D eigenvalue weighted by molar-refractivity contribution is -0.152. The first-order chi connectivity index (χ1) is 19.9. The topological polar surface area (TPSA) is 239 Å². The van der Waals surface area contributed by atoms with Gasteiger partial charge in [-0.15, -0.1) is 24.8 Å². The lowest BCUT2D eigenvalue weighted by Gasteiger charge is -2.20. The van der Waals surface area contributed by atoms with Gasteiger partial charge in [-0.1, -0.05) is 0 Å². The van der Waals surface area contributed by atoms with Gasteiger partial charge in [0.1, 0.15) is 30.0 Å². The van der Waals surface area contributed by atoms with E-state index in [9.17, 15) is 24.0 Å². The van der Waals surface area contributed by atoms with Gasteiger partial charge in [-0.3, -0.25) is 14.4 Å². The van der Waals surface area contributed by atoms with E-state index in [2.05, 4.69) is 15.4 Å². The number of carbonyl (C=O) groups is 5. The third kappa shape index (κ3) is 45.6. The number of hydrogen-bond acceptors (Lipinski definition) is 12. The first kappa shape index (κ1) is 56.7. The molecule has 0 radical (unpaired) electrons. The first-order valence-corrected chi connectivity index (χ1v) is 14.5. The van der Waals surface area contributed by atoms with Crippen LogP contribution >= 0.6 is 24.8 Å². The van der Waals surface area contributed by atoms with Crippen molar-refractivity contribution in [3.63, 3.8) is 0 Å². The Morgan fingerprint density at radius 2 is 0.957 bits per heavy atom. The van der Waals surface area contributed by atoms with E-state index in [0.29, 0.717) is 6.54 Å². The average Bonchev–Trinajstić information content (AvgIpc) is 2.81. The summed E-state index contributed by atoms with van der Waals surface area (Å²) < 4.78 is 19.5. The Hall–Kier alpha value is -2.59. The van der Waals surface area contributed by atoms with Crippen molar-refractivity contribution in [3.8, 4) is 0 Å². The number of nitrogens with two attached hydrogens (primary N) is 2. The van der Waals surface area contributed by atoms with Gasteiger partial charge in [0.15, 0.2) is 0 Å². The molecule has 0 bridgehead atoms. The summed E-state index contributed by atoms with van der Waals surface area (Å²) in [5.74, 6) is -1.46. The number of aliphatic carboxylic acids is 1. The van der Waals surface area contributed by atoms with Crippen LogP contribution in [0.4, 0.5) is 9.59 Å². The van der Waals surface area contributed by atoms with Gasteiger partial charge in [0.2, 0.25) is 0 Å². The molecule has 0 saturated heterocycles. The highest BCUT2D eigenvalue weighted by atomic mass is 35.5. The number of carbonyl (C=O) groups excluding carboxylic acids is 4. The zero-order valence-electron chi connectivity index (χ0n) is 30.8. The monoisotopic (exact) mass is 726 g/mol. The molecule has 17 heteroatoms. The molecule has 0 spiro atoms. The normalized spacial score (nSPS) is 10.9. The van der Waals surface area contributed by atoms with E-state index in [-0.39, 0.29) is 63.7 Å². The van der Waals surface area contributed by atoms with Crippen LogP contribution in [0, 0.1) is 10.8 Å². The van der Waals surface area contributed by atoms with E-state index in [1.165, 1.54) is 0 Å². The number of rotatable bonds is 8. The molecule has 0 aliphatic carbocycles. The molecular weight excluding hydrogens is 663 g/mol. The molecule has 0 heterocycles. The molecular formula is C30H64Cl2N4O11. The Kier molecular flexibility index (Phi) is 31.8. The smallest absolute Gasteiger partial charge is 0.407 e. The predicted octanol–water partition coefficient (Wildman–Crippen LogP) is 3.79. The molecule has 0 aliphatic rings. The molecule has 0 saturated carbocycles. The Balaban J connectivity index is -0.000000123. The van der Waals surface area contributed by atoms with Gasteiger partial charge >= 0.3 is 30.1 Å². The quantitative estimate of drug-likeness (QED) is 0.119. The molecule has 15 nitrogen and oxygen atoms in total. The number of esters is 2. The van der Waals surface area contributed by atoms with Crippen molar-refractivity contribution in [2.45, 2.75) is 114 Å². The third-order valence-electron chi connectivity index (χ3n) is 3.91. The predicted molar refractivity (Wildman–Crippen MR) is 186 cm³/mol. The van der Waals surface area contributed by atoms with Crippen molar-refractivity contribution in [2.75, 3.05) is 39.5 Å². The second-order valence-corrected chi connectivity index (χ2v) is 14.2. The number of carboxylic acids is 1. The summed E-state index contributed by atoms with van der Waals surface area (Å²) in [6.45, 7) is 25.3. The Labute approximate surface area is 293 Å². The second kappa shape index (κ2) is 26.4. The van der Waals surface area contributed by atoms with Crippen molar-refractivity contribution in [2.24, 2.45) is 22.3 Å². The molecule has 0 aromatic heterocycles. The van der Waals surface area contributed by atoms with Gasteiger partial charge in [-0.25, -0.2) is 9.59 Å². The molecule has 284 valence electrons. The summed E-state index contributed by atoms with van der Waals surface area (Å²) in [6, 6.07) is 0. The fourth-order valence-corrected chi connectivity index (χ4v) is 1.64. The minimum Gasteiger partial charge on any atom is -0.481 e. The summed E-state index contributed by atoms with van der Waals surface area (Å²) in [5, 5.41) is 21.5. The van der Waals surface area contributed by atoms with Crippen molar-refractivity contribution in [1.29, 1.82) is 0 Å². The molecule has 47 heavy (non-hydrogen) atoms.